The smallest absolute Gasteiger partial charge is 0.144 e. The van der Waals surface area contributed by atoms with E-state index in [2.05, 4.69) is 25.6 Å². The van der Waals surface area contributed by atoms with Crippen molar-refractivity contribution in [3.05, 3.63) is 12.2 Å². The van der Waals surface area contributed by atoms with Crippen molar-refractivity contribution >= 4 is 11.5 Å². The maximum Gasteiger partial charge on any atom is 0.144 e. The Hall–Kier alpha value is -1.20. The van der Waals surface area contributed by atoms with E-state index < -0.39 is 11.2 Å². The molecule has 5 heteroatoms. The second-order valence-electron chi connectivity index (χ2n) is 11.3. The second kappa shape index (κ2) is 6.65. The van der Waals surface area contributed by atoms with Crippen LogP contribution in [0.25, 0.3) is 0 Å². The molecule has 4 saturated carbocycles. The van der Waals surface area contributed by atoms with Gasteiger partial charge in [0, 0.05) is 30.2 Å². The van der Waals surface area contributed by atoms with Gasteiger partial charge >= 0.3 is 0 Å². The molecular weight excluding hydrogens is 364 g/mol. The predicted octanol–water partition coefficient (Wildman–Crippen LogP) is 3.99. The van der Waals surface area contributed by atoms with Gasteiger partial charge in [0.15, 0.2) is 0 Å². The zero-order valence-corrected chi connectivity index (χ0v) is 18.6. The van der Waals surface area contributed by atoms with E-state index in [-0.39, 0.29) is 10.8 Å². The maximum atomic E-state index is 12.6. The number of oxime groups is 1. The average molecular weight is 403 g/mol. The Kier molecular flexibility index (Phi) is 4.83. The molecule has 4 aliphatic carbocycles. The number of carbonyl (C=O) groups excluding carboxylic acids is 1. The highest BCUT2D eigenvalue weighted by Crippen LogP contribution is 2.67. The molecule has 4 rings (SSSR count). The highest BCUT2D eigenvalue weighted by atomic mass is 16.6. The number of nitrogens with zero attached hydrogens (tertiary/aromatic N) is 1. The Labute approximate surface area is 175 Å². The maximum absolute atomic E-state index is 12.6. The minimum absolute atomic E-state index is 0.157. The van der Waals surface area contributed by atoms with E-state index in [0.29, 0.717) is 36.5 Å². The number of carbonyl (C=O) groups is 1. The van der Waals surface area contributed by atoms with Crippen molar-refractivity contribution in [1.29, 1.82) is 0 Å². The number of nitrogens with two attached hydrogens (primary N) is 1. The number of hydrogen-bond donors (Lipinski definition) is 2. The van der Waals surface area contributed by atoms with Crippen molar-refractivity contribution in [3.8, 4) is 0 Å². The molecule has 0 saturated heterocycles. The average Bonchev–Trinajstić information content (AvgIpc) is 2.97. The van der Waals surface area contributed by atoms with Crippen molar-refractivity contribution in [2.45, 2.75) is 90.3 Å². The fourth-order valence-electron chi connectivity index (χ4n) is 7.11. The lowest BCUT2D eigenvalue weighted by atomic mass is 9.43. The normalized spacial score (nSPS) is 46.3. The van der Waals surface area contributed by atoms with Crippen molar-refractivity contribution in [2.24, 2.45) is 39.5 Å². The van der Waals surface area contributed by atoms with Gasteiger partial charge in [0.05, 0.1) is 11.3 Å². The topological polar surface area (TPSA) is 84.9 Å². The van der Waals surface area contributed by atoms with E-state index in [0.717, 1.165) is 56.2 Å². The van der Waals surface area contributed by atoms with Gasteiger partial charge in [-0.1, -0.05) is 25.6 Å². The van der Waals surface area contributed by atoms with Crippen LogP contribution >= 0.6 is 0 Å². The zero-order chi connectivity index (χ0) is 21.2. The summed E-state index contributed by atoms with van der Waals surface area (Å²) in [4.78, 5) is 18.3. The van der Waals surface area contributed by atoms with Gasteiger partial charge in [-0.25, -0.2) is 0 Å². The molecule has 0 aliphatic heterocycles. The summed E-state index contributed by atoms with van der Waals surface area (Å²) in [6.07, 6.45) is 6.75. The highest BCUT2D eigenvalue weighted by molar-refractivity contribution is 5.88. The van der Waals surface area contributed by atoms with Gasteiger partial charge in [-0.15, -0.1) is 0 Å². The number of ketones is 1. The van der Waals surface area contributed by atoms with E-state index in [4.69, 9.17) is 10.6 Å². The number of fused-ring (bicyclic) bond motifs is 5. The van der Waals surface area contributed by atoms with Crippen molar-refractivity contribution in [3.63, 3.8) is 0 Å². The largest absolute Gasteiger partial charge is 0.389 e. The van der Waals surface area contributed by atoms with Crippen LogP contribution in [-0.4, -0.2) is 34.3 Å². The van der Waals surface area contributed by atoms with E-state index in [1.807, 2.05) is 13.8 Å². The van der Waals surface area contributed by atoms with Crippen LogP contribution < -0.4 is 5.73 Å². The molecule has 4 fully saturated rings. The molecule has 0 spiro atoms. The third-order valence-electron chi connectivity index (χ3n) is 9.28. The van der Waals surface area contributed by atoms with Gasteiger partial charge in [0.1, 0.15) is 11.4 Å². The van der Waals surface area contributed by atoms with Crippen molar-refractivity contribution < 1.29 is 14.7 Å². The molecule has 6 atom stereocenters. The first-order chi connectivity index (χ1) is 13.5. The van der Waals surface area contributed by atoms with Crippen molar-refractivity contribution in [1.82, 2.24) is 0 Å². The van der Waals surface area contributed by atoms with E-state index in [1.165, 1.54) is 0 Å². The zero-order valence-electron chi connectivity index (χ0n) is 18.6. The van der Waals surface area contributed by atoms with Crippen LogP contribution in [0.15, 0.2) is 17.3 Å². The van der Waals surface area contributed by atoms with Crippen LogP contribution in [0.5, 0.6) is 0 Å². The summed E-state index contributed by atoms with van der Waals surface area (Å²) >= 11 is 0. The van der Waals surface area contributed by atoms with Crippen LogP contribution in [0.1, 0.15) is 79.1 Å². The van der Waals surface area contributed by atoms with Crippen LogP contribution in [0, 0.1) is 28.6 Å². The molecule has 4 aliphatic rings. The van der Waals surface area contributed by atoms with Gasteiger partial charge in [0.25, 0.3) is 0 Å². The lowest BCUT2D eigenvalue weighted by Gasteiger charge is -2.63. The molecule has 29 heavy (non-hydrogen) atoms. The lowest BCUT2D eigenvalue weighted by Crippen LogP contribution is -2.63. The summed E-state index contributed by atoms with van der Waals surface area (Å²) < 4.78 is 0. The van der Waals surface area contributed by atoms with Gasteiger partial charge in [-0.2, -0.15) is 0 Å². The number of hydrogen-bond acceptors (Lipinski definition) is 5. The lowest BCUT2D eigenvalue weighted by molar-refractivity contribution is -0.161. The number of Topliss-reactive ketones (excluding diaryl/α,β-unsaturated/α-hetero) is 1. The quantitative estimate of drug-likeness (QED) is 0.552. The Bertz CT molecular complexity index is 759. The van der Waals surface area contributed by atoms with Gasteiger partial charge in [0.2, 0.25) is 0 Å². The van der Waals surface area contributed by atoms with Crippen LogP contribution in [0.4, 0.5) is 0 Å². The first kappa shape index (κ1) is 21.0. The minimum atomic E-state index is -0.947. The summed E-state index contributed by atoms with van der Waals surface area (Å²) in [5, 5.41) is 16.3. The van der Waals surface area contributed by atoms with E-state index >= 15 is 0 Å². The summed E-state index contributed by atoms with van der Waals surface area (Å²) in [7, 11) is 0. The van der Waals surface area contributed by atoms with Crippen LogP contribution in [0.3, 0.4) is 0 Å². The van der Waals surface area contributed by atoms with Gasteiger partial charge in [-0.05, 0) is 75.7 Å². The summed E-state index contributed by atoms with van der Waals surface area (Å²) in [5.41, 5.74) is 5.75. The molecule has 0 radical (unpaired) electrons. The van der Waals surface area contributed by atoms with E-state index in [1.54, 1.807) is 0 Å². The summed E-state index contributed by atoms with van der Waals surface area (Å²) in [6, 6.07) is 0. The molecule has 0 bridgehead atoms. The monoisotopic (exact) mass is 402 g/mol. The predicted molar refractivity (Wildman–Crippen MR) is 114 cm³/mol. The number of aliphatic hydroxyl groups is 1. The van der Waals surface area contributed by atoms with Crippen LogP contribution in [0.2, 0.25) is 0 Å². The van der Waals surface area contributed by atoms with Gasteiger partial charge < -0.3 is 15.7 Å². The third-order valence-corrected chi connectivity index (χ3v) is 9.28. The Morgan fingerprint density at radius 2 is 1.97 bits per heavy atom. The Morgan fingerprint density at radius 1 is 1.24 bits per heavy atom. The molecule has 0 aromatic heterocycles. The van der Waals surface area contributed by atoms with E-state index in [9.17, 15) is 9.90 Å². The molecular formula is C24H38N2O3. The second-order valence-corrected chi connectivity index (χ2v) is 11.3. The standard InChI is InChI=1S/C24H38N2O3/c1-15-12-17-18-6-7-20(27)22(18,4)10-9-19(17)23(5)11-8-16(13-24(15,23)28)26-29-21(2,3)14-25/h17-19,28H,1,6-14,25H2,2-5H3/t17-,18-,19-,22-,23+,24-/m0/s1. The fourth-order valence-corrected chi connectivity index (χ4v) is 7.11. The first-order valence-electron chi connectivity index (χ1n) is 11.3. The molecule has 0 heterocycles. The molecule has 0 aromatic carbocycles. The van der Waals surface area contributed by atoms with Crippen molar-refractivity contribution in [2.75, 3.05) is 6.54 Å². The molecule has 3 N–H and O–H groups in total. The third kappa shape index (κ3) is 2.95. The molecule has 0 amide bonds. The molecule has 162 valence electrons. The van der Waals surface area contributed by atoms with Gasteiger partial charge in [-0.3, -0.25) is 4.79 Å². The highest BCUT2D eigenvalue weighted by Gasteiger charge is 2.65. The molecule has 0 aromatic rings. The minimum Gasteiger partial charge on any atom is -0.389 e. The summed E-state index contributed by atoms with van der Waals surface area (Å²) in [5.74, 6) is 1.79. The molecule has 0 unspecified atom stereocenters. The number of rotatable bonds is 3. The summed E-state index contributed by atoms with van der Waals surface area (Å²) in [6.45, 7) is 13.1. The Morgan fingerprint density at radius 3 is 2.66 bits per heavy atom. The SMILES string of the molecule is C=C1C[C@H]2[C@@H]3CCC(=O)[C@@]3(C)CC[C@@H]2[C@@]2(C)CCC(=NOC(C)(C)CN)C[C@]12O. The molecule has 5 nitrogen and oxygen atoms in total. The van der Waals surface area contributed by atoms with Crippen LogP contribution in [-0.2, 0) is 9.63 Å². The fraction of sp³-hybridized carbons (Fsp3) is 0.833. The first-order valence-corrected chi connectivity index (χ1v) is 11.3. The Balaban J connectivity index is 1.61.